The predicted octanol–water partition coefficient (Wildman–Crippen LogP) is 3.47. The molecule has 100 valence electrons. The van der Waals surface area contributed by atoms with E-state index in [2.05, 4.69) is 0 Å². The van der Waals surface area contributed by atoms with Crippen molar-refractivity contribution in [3.05, 3.63) is 64.4 Å². The number of phenols is 1. The monoisotopic (exact) mass is 279 g/mol. The van der Waals surface area contributed by atoms with Crippen molar-refractivity contribution in [1.82, 2.24) is 0 Å². The topological polar surface area (TPSA) is 46.2 Å². The SMILES string of the molecule is NCC(Cc1ccc(O)c(Cl)c1)c1ccccc1F. The van der Waals surface area contributed by atoms with Gasteiger partial charge in [0.25, 0.3) is 0 Å². The molecule has 1 unspecified atom stereocenters. The van der Waals surface area contributed by atoms with Gasteiger partial charge >= 0.3 is 0 Å². The molecule has 0 aliphatic rings. The molecule has 0 aliphatic heterocycles. The van der Waals surface area contributed by atoms with Gasteiger partial charge in [0.05, 0.1) is 5.02 Å². The lowest BCUT2D eigenvalue weighted by atomic mass is 9.91. The van der Waals surface area contributed by atoms with E-state index in [1.165, 1.54) is 12.1 Å². The summed E-state index contributed by atoms with van der Waals surface area (Å²) < 4.78 is 13.8. The van der Waals surface area contributed by atoms with E-state index in [1.807, 2.05) is 0 Å². The molecule has 0 radical (unpaired) electrons. The van der Waals surface area contributed by atoms with Gasteiger partial charge in [-0.15, -0.1) is 0 Å². The van der Waals surface area contributed by atoms with Crippen LogP contribution >= 0.6 is 11.6 Å². The minimum atomic E-state index is -0.247. The third-order valence-corrected chi connectivity index (χ3v) is 3.43. The van der Waals surface area contributed by atoms with Gasteiger partial charge in [0.2, 0.25) is 0 Å². The molecule has 0 aliphatic carbocycles. The van der Waals surface area contributed by atoms with E-state index in [0.717, 1.165) is 5.56 Å². The van der Waals surface area contributed by atoms with E-state index in [0.29, 0.717) is 23.6 Å². The molecule has 4 heteroatoms. The lowest BCUT2D eigenvalue weighted by Gasteiger charge is -2.16. The standard InChI is InChI=1S/C15H15ClFNO/c16-13-8-10(5-6-15(13)19)7-11(9-18)12-3-1-2-4-14(12)17/h1-6,8,11,19H,7,9,18H2. The Labute approximate surface area is 116 Å². The van der Waals surface area contributed by atoms with Gasteiger partial charge in [0.1, 0.15) is 11.6 Å². The van der Waals surface area contributed by atoms with Crippen LogP contribution in [0.4, 0.5) is 4.39 Å². The fourth-order valence-electron chi connectivity index (χ4n) is 2.09. The fraction of sp³-hybridized carbons (Fsp3) is 0.200. The highest BCUT2D eigenvalue weighted by Crippen LogP contribution is 2.27. The molecule has 0 heterocycles. The number of benzene rings is 2. The van der Waals surface area contributed by atoms with Gasteiger partial charge in [-0.1, -0.05) is 35.9 Å². The summed E-state index contributed by atoms with van der Waals surface area (Å²) >= 11 is 5.86. The zero-order valence-corrected chi connectivity index (χ0v) is 11.1. The van der Waals surface area contributed by atoms with Gasteiger partial charge in [0.15, 0.2) is 0 Å². The molecular weight excluding hydrogens is 265 g/mol. The molecule has 3 N–H and O–H groups in total. The Kier molecular flexibility index (Phi) is 4.40. The number of hydrogen-bond donors (Lipinski definition) is 2. The van der Waals surface area contributed by atoms with Crippen molar-refractivity contribution in [2.45, 2.75) is 12.3 Å². The molecule has 0 bridgehead atoms. The Morgan fingerprint density at radius 2 is 1.95 bits per heavy atom. The summed E-state index contributed by atoms with van der Waals surface area (Å²) in [6, 6.07) is 11.6. The van der Waals surface area contributed by atoms with Crippen LogP contribution in [0.5, 0.6) is 5.75 Å². The molecule has 0 fully saturated rings. The molecule has 19 heavy (non-hydrogen) atoms. The van der Waals surface area contributed by atoms with Crippen LogP contribution in [-0.2, 0) is 6.42 Å². The van der Waals surface area contributed by atoms with Gasteiger partial charge in [-0.05, 0) is 42.3 Å². The minimum Gasteiger partial charge on any atom is -0.506 e. The number of phenolic OH excluding ortho intramolecular Hbond substituents is 1. The van der Waals surface area contributed by atoms with Gasteiger partial charge in [-0.25, -0.2) is 4.39 Å². The normalized spacial score (nSPS) is 12.4. The number of halogens is 2. The van der Waals surface area contributed by atoms with E-state index in [-0.39, 0.29) is 17.5 Å². The molecule has 0 spiro atoms. The van der Waals surface area contributed by atoms with Crippen LogP contribution in [0.3, 0.4) is 0 Å². The fourth-order valence-corrected chi connectivity index (χ4v) is 2.29. The molecule has 2 rings (SSSR count). The summed E-state index contributed by atoms with van der Waals surface area (Å²) in [5.74, 6) is -0.315. The average molecular weight is 280 g/mol. The highest BCUT2D eigenvalue weighted by atomic mass is 35.5. The lowest BCUT2D eigenvalue weighted by molar-refractivity contribution is 0.475. The molecule has 2 aromatic rings. The summed E-state index contributed by atoms with van der Waals surface area (Å²) in [6.45, 7) is 0.347. The maximum atomic E-state index is 13.8. The first-order valence-corrected chi connectivity index (χ1v) is 6.41. The predicted molar refractivity (Wildman–Crippen MR) is 75.0 cm³/mol. The van der Waals surface area contributed by atoms with Crippen molar-refractivity contribution in [2.75, 3.05) is 6.54 Å². The second kappa shape index (κ2) is 6.04. The molecule has 0 saturated carbocycles. The number of rotatable bonds is 4. The van der Waals surface area contributed by atoms with E-state index >= 15 is 0 Å². The van der Waals surface area contributed by atoms with E-state index in [4.69, 9.17) is 17.3 Å². The molecular formula is C15H15ClFNO. The summed E-state index contributed by atoms with van der Waals surface area (Å²) in [6.07, 6.45) is 0.581. The van der Waals surface area contributed by atoms with Crippen molar-refractivity contribution < 1.29 is 9.50 Å². The minimum absolute atomic E-state index is 0.0422. The van der Waals surface area contributed by atoms with E-state index in [9.17, 15) is 9.50 Å². The molecule has 0 amide bonds. The zero-order valence-electron chi connectivity index (χ0n) is 10.3. The largest absolute Gasteiger partial charge is 0.506 e. The second-order valence-electron chi connectivity index (χ2n) is 4.44. The van der Waals surface area contributed by atoms with Crippen molar-refractivity contribution in [3.8, 4) is 5.75 Å². The third kappa shape index (κ3) is 3.25. The first-order chi connectivity index (χ1) is 9.11. The van der Waals surface area contributed by atoms with Gasteiger partial charge in [-0.3, -0.25) is 0 Å². The van der Waals surface area contributed by atoms with Crippen molar-refractivity contribution in [1.29, 1.82) is 0 Å². The van der Waals surface area contributed by atoms with Gasteiger partial charge < -0.3 is 10.8 Å². The number of hydrogen-bond acceptors (Lipinski definition) is 2. The molecule has 2 aromatic carbocycles. The van der Waals surface area contributed by atoms with Crippen LogP contribution in [0.2, 0.25) is 5.02 Å². The van der Waals surface area contributed by atoms with Crippen LogP contribution in [-0.4, -0.2) is 11.7 Å². The smallest absolute Gasteiger partial charge is 0.134 e. The molecule has 2 nitrogen and oxygen atoms in total. The van der Waals surface area contributed by atoms with Crippen LogP contribution in [0.15, 0.2) is 42.5 Å². The molecule has 1 atom stereocenters. The second-order valence-corrected chi connectivity index (χ2v) is 4.85. The number of nitrogens with two attached hydrogens (primary N) is 1. The van der Waals surface area contributed by atoms with Gasteiger partial charge in [0, 0.05) is 5.92 Å². The van der Waals surface area contributed by atoms with Crippen LogP contribution in [0.25, 0.3) is 0 Å². The highest BCUT2D eigenvalue weighted by molar-refractivity contribution is 6.32. The summed E-state index contributed by atoms with van der Waals surface area (Å²) in [4.78, 5) is 0. The Balaban J connectivity index is 2.24. The summed E-state index contributed by atoms with van der Waals surface area (Å²) in [7, 11) is 0. The van der Waals surface area contributed by atoms with Crippen LogP contribution in [0.1, 0.15) is 17.0 Å². The third-order valence-electron chi connectivity index (χ3n) is 3.12. The maximum absolute atomic E-state index is 13.8. The van der Waals surface area contributed by atoms with Crippen molar-refractivity contribution in [3.63, 3.8) is 0 Å². The quantitative estimate of drug-likeness (QED) is 0.900. The van der Waals surface area contributed by atoms with Gasteiger partial charge in [-0.2, -0.15) is 0 Å². The van der Waals surface area contributed by atoms with Crippen molar-refractivity contribution in [2.24, 2.45) is 5.73 Å². The Bertz CT molecular complexity index is 574. The van der Waals surface area contributed by atoms with E-state index in [1.54, 1.807) is 30.3 Å². The van der Waals surface area contributed by atoms with Crippen LogP contribution < -0.4 is 5.73 Å². The highest BCUT2D eigenvalue weighted by Gasteiger charge is 2.15. The van der Waals surface area contributed by atoms with Crippen LogP contribution in [0, 0.1) is 5.82 Å². The zero-order chi connectivity index (χ0) is 13.8. The maximum Gasteiger partial charge on any atom is 0.134 e. The summed E-state index contributed by atoms with van der Waals surface area (Å²) in [5.41, 5.74) is 7.26. The first kappa shape index (κ1) is 13.8. The number of aromatic hydroxyl groups is 1. The summed E-state index contributed by atoms with van der Waals surface area (Å²) in [5, 5.41) is 9.67. The first-order valence-electron chi connectivity index (χ1n) is 6.03. The Morgan fingerprint density at radius 3 is 2.58 bits per heavy atom. The average Bonchev–Trinajstić information content (AvgIpc) is 2.41. The lowest BCUT2D eigenvalue weighted by Crippen LogP contribution is -2.16. The Morgan fingerprint density at radius 1 is 1.21 bits per heavy atom. The molecule has 0 saturated heterocycles. The van der Waals surface area contributed by atoms with Crippen molar-refractivity contribution >= 4 is 11.6 Å². The molecule has 0 aromatic heterocycles. The van der Waals surface area contributed by atoms with E-state index < -0.39 is 0 Å². The Hall–Kier alpha value is -1.58.